The lowest BCUT2D eigenvalue weighted by atomic mass is 10.1. The lowest BCUT2D eigenvalue weighted by Crippen LogP contribution is -2.21. The number of nitrogens with one attached hydrogen (secondary N) is 1. The zero-order chi connectivity index (χ0) is 11.9. The number of aromatic amines is 1. The van der Waals surface area contributed by atoms with E-state index in [1.807, 2.05) is 18.2 Å². The molecule has 2 rings (SSSR count). The Morgan fingerprint density at radius 1 is 1.31 bits per heavy atom. The first-order valence-corrected chi connectivity index (χ1v) is 5.63. The van der Waals surface area contributed by atoms with E-state index in [9.17, 15) is 0 Å². The van der Waals surface area contributed by atoms with E-state index in [-0.39, 0.29) is 5.54 Å². The molecule has 0 amide bonds. The predicted octanol–water partition coefficient (Wildman–Crippen LogP) is 3.46. The average Bonchev–Trinajstić information content (AvgIpc) is 2.51. The van der Waals surface area contributed by atoms with Crippen LogP contribution in [0.1, 0.15) is 20.8 Å². The Morgan fingerprint density at radius 2 is 2.00 bits per heavy atom. The molecule has 1 aromatic carbocycles. The van der Waals surface area contributed by atoms with E-state index in [1.165, 1.54) is 0 Å². The van der Waals surface area contributed by atoms with Crippen molar-refractivity contribution >= 4 is 23.3 Å². The average molecular weight is 236 g/mol. The second-order valence-electron chi connectivity index (χ2n) is 4.82. The van der Waals surface area contributed by atoms with Crippen LogP contribution in [0, 0.1) is 4.77 Å². The zero-order valence-corrected chi connectivity index (χ0v) is 10.8. The maximum absolute atomic E-state index is 5.35. The van der Waals surface area contributed by atoms with Crippen molar-refractivity contribution in [1.29, 1.82) is 0 Å². The number of H-pyrrole nitrogens is 1. The first-order chi connectivity index (χ1) is 7.43. The van der Waals surface area contributed by atoms with Gasteiger partial charge in [0.25, 0.3) is 0 Å². The van der Waals surface area contributed by atoms with Gasteiger partial charge in [-0.1, -0.05) is 0 Å². The fourth-order valence-electron chi connectivity index (χ4n) is 1.88. The third-order valence-electron chi connectivity index (χ3n) is 2.56. The van der Waals surface area contributed by atoms with Gasteiger partial charge >= 0.3 is 0 Å². The molecule has 0 fully saturated rings. The van der Waals surface area contributed by atoms with Gasteiger partial charge in [0.1, 0.15) is 5.75 Å². The van der Waals surface area contributed by atoms with Crippen LogP contribution in [0.2, 0.25) is 0 Å². The van der Waals surface area contributed by atoms with E-state index in [4.69, 9.17) is 17.0 Å². The number of methoxy groups -OCH3 is 1. The molecule has 1 heterocycles. The molecule has 0 aliphatic rings. The van der Waals surface area contributed by atoms with Gasteiger partial charge in [0.15, 0.2) is 4.77 Å². The smallest absolute Gasteiger partial charge is 0.178 e. The van der Waals surface area contributed by atoms with Gasteiger partial charge in [-0.2, -0.15) is 0 Å². The maximum Gasteiger partial charge on any atom is 0.178 e. The fraction of sp³-hybridized carbons (Fsp3) is 0.417. The summed E-state index contributed by atoms with van der Waals surface area (Å²) in [5, 5.41) is 0. The van der Waals surface area contributed by atoms with Crippen LogP contribution < -0.4 is 4.74 Å². The molecule has 1 N–H and O–H groups in total. The van der Waals surface area contributed by atoms with Crippen LogP contribution in [-0.2, 0) is 5.54 Å². The van der Waals surface area contributed by atoms with E-state index in [0.29, 0.717) is 0 Å². The van der Waals surface area contributed by atoms with E-state index >= 15 is 0 Å². The van der Waals surface area contributed by atoms with Crippen LogP contribution in [-0.4, -0.2) is 16.7 Å². The Kier molecular flexibility index (Phi) is 2.54. The number of ether oxygens (including phenoxy) is 1. The van der Waals surface area contributed by atoms with Crippen molar-refractivity contribution < 1.29 is 4.74 Å². The second kappa shape index (κ2) is 3.63. The molecule has 0 atom stereocenters. The van der Waals surface area contributed by atoms with Crippen LogP contribution in [0.5, 0.6) is 5.75 Å². The lowest BCUT2D eigenvalue weighted by Gasteiger charge is -2.21. The highest BCUT2D eigenvalue weighted by molar-refractivity contribution is 7.71. The number of nitrogens with zero attached hydrogens (tertiary/aromatic N) is 1. The predicted molar refractivity (Wildman–Crippen MR) is 68.7 cm³/mol. The Morgan fingerprint density at radius 3 is 2.56 bits per heavy atom. The molecule has 86 valence electrons. The summed E-state index contributed by atoms with van der Waals surface area (Å²) < 4.78 is 8.10. The highest BCUT2D eigenvalue weighted by atomic mass is 32.1. The summed E-state index contributed by atoms with van der Waals surface area (Å²) in [7, 11) is 1.67. The Hall–Kier alpha value is -1.29. The normalized spacial score (nSPS) is 12.0. The van der Waals surface area contributed by atoms with E-state index in [2.05, 4.69) is 30.3 Å². The summed E-state index contributed by atoms with van der Waals surface area (Å²) in [5.41, 5.74) is 2.08. The van der Waals surface area contributed by atoms with E-state index in [1.54, 1.807) is 7.11 Å². The van der Waals surface area contributed by atoms with Crippen molar-refractivity contribution in [2.24, 2.45) is 0 Å². The minimum atomic E-state index is -0.0400. The van der Waals surface area contributed by atoms with Crippen molar-refractivity contribution in [2.75, 3.05) is 7.11 Å². The minimum absolute atomic E-state index is 0.0400. The highest BCUT2D eigenvalue weighted by Crippen LogP contribution is 2.26. The van der Waals surface area contributed by atoms with Gasteiger partial charge in [0.2, 0.25) is 0 Å². The molecule has 0 aliphatic heterocycles. The summed E-state index contributed by atoms with van der Waals surface area (Å²) >= 11 is 5.35. The fourth-order valence-corrected chi connectivity index (χ4v) is 2.36. The number of fused-ring (bicyclic) bond motifs is 1. The summed E-state index contributed by atoms with van der Waals surface area (Å²) in [6, 6.07) is 5.93. The molecule has 0 unspecified atom stereocenters. The number of rotatable bonds is 1. The topological polar surface area (TPSA) is 29.9 Å². The second-order valence-corrected chi connectivity index (χ2v) is 5.21. The van der Waals surface area contributed by atoms with Crippen molar-refractivity contribution in [3.05, 3.63) is 23.0 Å². The van der Waals surface area contributed by atoms with Crippen LogP contribution in [0.4, 0.5) is 0 Å². The summed E-state index contributed by atoms with van der Waals surface area (Å²) in [6.45, 7) is 6.40. The van der Waals surface area contributed by atoms with Crippen molar-refractivity contribution in [3.8, 4) is 5.75 Å². The number of hydrogen-bond donors (Lipinski definition) is 1. The number of benzene rings is 1. The molecular weight excluding hydrogens is 220 g/mol. The Labute approximate surface area is 100 Å². The number of hydrogen-bond acceptors (Lipinski definition) is 2. The van der Waals surface area contributed by atoms with Crippen molar-refractivity contribution in [3.63, 3.8) is 0 Å². The monoisotopic (exact) mass is 236 g/mol. The quantitative estimate of drug-likeness (QED) is 0.768. The van der Waals surface area contributed by atoms with Gasteiger partial charge in [-0.25, -0.2) is 0 Å². The first kappa shape index (κ1) is 11.2. The molecule has 1 aromatic heterocycles. The Bertz CT molecular complexity index is 575. The van der Waals surface area contributed by atoms with E-state index < -0.39 is 0 Å². The molecule has 0 bridgehead atoms. The summed E-state index contributed by atoms with van der Waals surface area (Å²) in [6.07, 6.45) is 0. The van der Waals surface area contributed by atoms with Gasteiger partial charge in [0.05, 0.1) is 18.1 Å². The largest absolute Gasteiger partial charge is 0.497 e. The number of imidazole rings is 1. The van der Waals surface area contributed by atoms with Gasteiger partial charge < -0.3 is 14.3 Å². The molecule has 4 heteroatoms. The maximum atomic E-state index is 5.35. The molecule has 16 heavy (non-hydrogen) atoms. The lowest BCUT2D eigenvalue weighted by molar-refractivity contribution is 0.400. The molecule has 0 saturated carbocycles. The molecule has 0 saturated heterocycles. The third kappa shape index (κ3) is 1.73. The van der Waals surface area contributed by atoms with Gasteiger partial charge in [-0.05, 0) is 45.1 Å². The van der Waals surface area contributed by atoms with Crippen LogP contribution >= 0.6 is 12.2 Å². The van der Waals surface area contributed by atoms with Crippen LogP contribution in [0.15, 0.2) is 18.2 Å². The van der Waals surface area contributed by atoms with Gasteiger partial charge in [-0.15, -0.1) is 0 Å². The molecule has 0 radical (unpaired) electrons. The number of aromatic nitrogens is 2. The van der Waals surface area contributed by atoms with Crippen molar-refractivity contribution in [2.45, 2.75) is 26.3 Å². The molecular formula is C12H16N2OS. The molecule has 0 aliphatic carbocycles. The summed E-state index contributed by atoms with van der Waals surface area (Å²) in [4.78, 5) is 3.21. The zero-order valence-electron chi connectivity index (χ0n) is 10.00. The van der Waals surface area contributed by atoms with Crippen molar-refractivity contribution in [1.82, 2.24) is 9.55 Å². The van der Waals surface area contributed by atoms with Crippen LogP contribution in [0.3, 0.4) is 0 Å². The SMILES string of the molecule is COc1ccc2[nH]c(=S)n(C(C)(C)C)c2c1. The van der Waals surface area contributed by atoms with Gasteiger partial charge in [0, 0.05) is 11.6 Å². The van der Waals surface area contributed by atoms with E-state index in [0.717, 1.165) is 21.6 Å². The standard InChI is InChI=1S/C12H16N2OS/c1-12(2,3)14-10-7-8(15-4)5-6-9(10)13-11(14)16/h5-7H,1-4H3,(H,13,16). The molecule has 2 aromatic rings. The minimum Gasteiger partial charge on any atom is -0.497 e. The third-order valence-corrected chi connectivity index (χ3v) is 2.85. The van der Waals surface area contributed by atoms with Gasteiger partial charge in [-0.3, -0.25) is 0 Å². The summed E-state index contributed by atoms with van der Waals surface area (Å²) in [5.74, 6) is 0.847. The Balaban J connectivity index is 2.81. The highest BCUT2D eigenvalue weighted by Gasteiger charge is 2.17. The molecule has 3 nitrogen and oxygen atoms in total. The van der Waals surface area contributed by atoms with Crippen LogP contribution in [0.25, 0.3) is 11.0 Å². The first-order valence-electron chi connectivity index (χ1n) is 5.23. The molecule has 0 spiro atoms.